The topological polar surface area (TPSA) is 120 Å². The van der Waals surface area contributed by atoms with Crippen LogP contribution in [0.5, 0.6) is 5.75 Å². The number of ketones is 1. The fourth-order valence-electron chi connectivity index (χ4n) is 5.15. The van der Waals surface area contributed by atoms with Crippen LogP contribution in [0.25, 0.3) is 11.1 Å². The number of nitrogens with one attached hydrogen (secondary N) is 1. The maximum Gasteiger partial charge on any atom is 0.335 e. The van der Waals surface area contributed by atoms with Gasteiger partial charge in [0.05, 0.1) is 16.8 Å². The van der Waals surface area contributed by atoms with Crippen LogP contribution in [0.15, 0.2) is 102 Å². The van der Waals surface area contributed by atoms with E-state index in [9.17, 15) is 24.7 Å². The third-order valence-corrected chi connectivity index (χ3v) is 7.26. The molecule has 3 aromatic rings. The lowest BCUT2D eigenvalue weighted by molar-refractivity contribution is -0.511. The molecular formula is C30H24N3O5+. The van der Waals surface area contributed by atoms with Gasteiger partial charge in [-0.2, -0.15) is 5.43 Å². The quantitative estimate of drug-likeness (QED) is 0.346. The first-order chi connectivity index (χ1) is 18.3. The lowest BCUT2D eigenvalue weighted by Gasteiger charge is -2.23. The fraction of sp³-hybridized carbons (Fsp3) is 0.133. The van der Waals surface area contributed by atoms with E-state index in [1.165, 1.54) is 18.3 Å². The van der Waals surface area contributed by atoms with Crippen LogP contribution in [0.4, 0.5) is 5.69 Å². The normalized spacial score (nSPS) is 21.7. The van der Waals surface area contributed by atoms with Gasteiger partial charge in [-0.1, -0.05) is 60.2 Å². The van der Waals surface area contributed by atoms with Crippen LogP contribution in [0, 0.1) is 11.8 Å². The minimum atomic E-state index is -1.23. The number of phenols is 1. The first-order valence-electron chi connectivity index (χ1n) is 12.2. The average Bonchev–Trinajstić information content (AvgIpc) is 3.64. The van der Waals surface area contributed by atoms with Crippen LogP contribution in [-0.4, -0.2) is 38.4 Å². The number of aryl methyl sites for hydroxylation is 1. The minimum Gasteiger partial charge on any atom is -0.505 e. The molecule has 2 atom stereocenters. The predicted molar refractivity (Wildman–Crippen MR) is 141 cm³/mol. The molecule has 0 amide bonds. The summed E-state index contributed by atoms with van der Waals surface area (Å²) in [4.78, 5) is 38.3. The van der Waals surface area contributed by atoms with Gasteiger partial charge in [-0.3, -0.25) is 9.80 Å². The Morgan fingerprint density at radius 2 is 1.84 bits per heavy atom. The molecule has 2 aliphatic heterocycles. The van der Waals surface area contributed by atoms with Crippen molar-refractivity contribution < 1.29 is 24.6 Å². The van der Waals surface area contributed by atoms with Gasteiger partial charge in [0.25, 0.3) is 0 Å². The predicted octanol–water partition coefficient (Wildman–Crippen LogP) is 4.44. The highest BCUT2D eigenvalue weighted by Gasteiger charge is 2.62. The second-order valence-electron chi connectivity index (χ2n) is 9.69. The summed E-state index contributed by atoms with van der Waals surface area (Å²) in [6, 6.07) is 18.6. The summed E-state index contributed by atoms with van der Waals surface area (Å²) >= 11 is 0. The third kappa shape index (κ3) is 3.74. The summed E-state index contributed by atoms with van der Waals surface area (Å²) < 4.78 is 0.823. The number of aromatic hydroxyl groups is 1. The van der Waals surface area contributed by atoms with Gasteiger partial charge in [0.1, 0.15) is 5.75 Å². The number of allylic oxidation sites excluding steroid dienone is 3. The number of rotatable bonds is 5. The number of Topliss-reactive ketones (excluding diaryl/α,β-unsaturated/α-hetero) is 1. The van der Waals surface area contributed by atoms with Crippen LogP contribution >= 0.6 is 0 Å². The van der Waals surface area contributed by atoms with Crippen molar-refractivity contribution in [3.63, 3.8) is 0 Å². The van der Waals surface area contributed by atoms with Crippen LogP contribution in [0.1, 0.15) is 21.5 Å². The van der Waals surface area contributed by atoms with Crippen molar-refractivity contribution in [2.45, 2.75) is 25.0 Å². The van der Waals surface area contributed by atoms with E-state index in [1.54, 1.807) is 47.5 Å². The van der Waals surface area contributed by atoms with Gasteiger partial charge >= 0.3 is 5.97 Å². The summed E-state index contributed by atoms with van der Waals surface area (Å²) in [5.41, 5.74) is 6.50. The monoisotopic (exact) mass is 506 g/mol. The van der Waals surface area contributed by atoms with Crippen molar-refractivity contribution in [1.29, 1.82) is 0 Å². The number of nitroso groups, excluding NO2 is 1. The van der Waals surface area contributed by atoms with Crippen LogP contribution in [-0.2, 0) is 11.2 Å². The van der Waals surface area contributed by atoms with Gasteiger partial charge in [0, 0.05) is 27.7 Å². The highest BCUT2D eigenvalue weighted by atomic mass is 16.4. The second kappa shape index (κ2) is 8.64. The molecule has 8 nitrogen and oxygen atoms in total. The first-order valence-corrected chi connectivity index (χ1v) is 12.2. The molecular weight excluding hydrogens is 482 g/mol. The van der Waals surface area contributed by atoms with Gasteiger partial charge in [-0.15, -0.1) is 0 Å². The number of anilines is 1. The van der Waals surface area contributed by atoms with E-state index in [2.05, 4.69) is 5.43 Å². The van der Waals surface area contributed by atoms with E-state index in [0.29, 0.717) is 34.4 Å². The zero-order valence-corrected chi connectivity index (χ0v) is 20.5. The van der Waals surface area contributed by atoms with Crippen molar-refractivity contribution in [3.8, 4) is 16.9 Å². The standard InChI is InChI=1S/C30H23N3O5/c1-18-8-10-19(11-9-18)16-25-26-20(13-15-32(25)38)12-14-30(28(26)35)31-33(30)24-7-3-6-23(27(24)34)21-4-2-5-22(17-21)29(36)37/h2-15,17,25,31H,16H2,1H3,(H-,34,36,37)/p+1. The Labute approximate surface area is 218 Å². The van der Waals surface area contributed by atoms with Crippen molar-refractivity contribution in [3.05, 3.63) is 124 Å². The van der Waals surface area contributed by atoms with Gasteiger partial charge in [-0.25, -0.2) is 4.79 Å². The Balaban J connectivity index is 1.33. The van der Waals surface area contributed by atoms with E-state index >= 15 is 0 Å². The molecule has 188 valence electrons. The molecule has 2 unspecified atom stereocenters. The number of hydrogen-bond donors (Lipinski definition) is 3. The highest BCUT2D eigenvalue weighted by molar-refractivity contribution is 6.12. The largest absolute Gasteiger partial charge is 0.505 e. The number of benzene rings is 3. The molecule has 3 aliphatic rings. The number of hydrogen-bond acceptors (Lipinski definition) is 6. The maximum atomic E-state index is 14.0. The Morgan fingerprint density at radius 1 is 1.08 bits per heavy atom. The molecule has 6 rings (SSSR count). The van der Waals surface area contributed by atoms with Gasteiger partial charge in [0.2, 0.25) is 23.7 Å². The summed E-state index contributed by atoms with van der Waals surface area (Å²) in [6.07, 6.45) is 7.04. The second-order valence-corrected chi connectivity index (χ2v) is 9.69. The van der Waals surface area contributed by atoms with Crippen LogP contribution < -0.4 is 10.4 Å². The number of para-hydroxylation sites is 1. The van der Waals surface area contributed by atoms with E-state index in [4.69, 9.17) is 0 Å². The molecule has 3 N–H and O–H groups in total. The first kappa shape index (κ1) is 23.6. The number of hydrazine groups is 1. The smallest absolute Gasteiger partial charge is 0.335 e. The number of nitrogens with zero attached hydrogens (tertiary/aromatic N) is 2. The van der Waals surface area contributed by atoms with E-state index < -0.39 is 17.7 Å². The maximum absolute atomic E-state index is 14.0. The molecule has 0 saturated carbocycles. The summed E-state index contributed by atoms with van der Waals surface area (Å²) in [7, 11) is 0. The molecule has 1 fully saturated rings. The molecule has 0 aromatic heterocycles. The minimum absolute atomic E-state index is 0.0920. The SMILES string of the molecule is Cc1ccc(CC2C3=C(C=C[N+]2=O)C=CC2(NN2c2cccc(-c4cccc(C(=O)O)c4)c2O)C3=O)cc1. The van der Waals surface area contributed by atoms with Gasteiger partial charge < -0.3 is 10.2 Å². The lowest BCUT2D eigenvalue weighted by Crippen LogP contribution is -2.41. The summed E-state index contributed by atoms with van der Waals surface area (Å²) in [5, 5.41) is 22.1. The fourth-order valence-corrected chi connectivity index (χ4v) is 5.15. The van der Waals surface area contributed by atoms with E-state index in [0.717, 1.165) is 15.9 Å². The van der Waals surface area contributed by atoms with Gasteiger partial charge in [-0.05, 0) is 47.9 Å². The Bertz CT molecular complexity index is 1620. The molecule has 0 bridgehead atoms. The average molecular weight is 507 g/mol. The van der Waals surface area contributed by atoms with E-state index in [1.807, 2.05) is 37.3 Å². The molecule has 2 heterocycles. The zero-order valence-electron chi connectivity index (χ0n) is 20.5. The van der Waals surface area contributed by atoms with Crippen molar-refractivity contribution in [2.75, 3.05) is 5.01 Å². The van der Waals surface area contributed by atoms with Crippen LogP contribution in [0.3, 0.4) is 0 Å². The summed E-state index contributed by atoms with van der Waals surface area (Å²) in [6.45, 7) is 1.99. The number of carbonyl (C=O) groups is 2. The molecule has 0 radical (unpaired) electrons. The van der Waals surface area contributed by atoms with Crippen molar-refractivity contribution >= 4 is 17.4 Å². The number of phenolic OH excluding ortho intramolecular Hbond substituents is 1. The zero-order chi connectivity index (χ0) is 26.6. The number of carboxylic acid groups (broad SMARTS) is 1. The molecule has 1 spiro atoms. The molecule has 1 saturated heterocycles. The number of carboxylic acids is 1. The number of aromatic carboxylic acids is 1. The lowest BCUT2D eigenvalue weighted by atomic mass is 9.82. The molecule has 3 aromatic carbocycles. The van der Waals surface area contributed by atoms with Crippen LogP contribution in [0.2, 0.25) is 0 Å². The molecule has 1 aliphatic carbocycles. The Kier molecular flexibility index (Phi) is 5.36. The molecule has 38 heavy (non-hydrogen) atoms. The van der Waals surface area contributed by atoms with E-state index in [-0.39, 0.29) is 17.1 Å². The summed E-state index contributed by atoms with van der Waals surface area (Å²) in [5.74, 6) is -1.41. The highest BCUT2D eigenvalue weighted by Crippen LogP contribution is 2.47. The Hall–Kier alpha value is -4.82. The Morgan fingerprint density at radius 3 is 2.61 bits per heavy atom. The van der Waals surface area contributed by atoms with Gasteiger partial charge in [0.15, 0.2) is 0 Å². The molecule has 8 heteroatoms. The van der Waals surface area contributed by atoms with Crippen molar-refractivity contribution in [1.82, 2.24) is 5.43 Å². The third-order valence-electron chi connectivity index (χ3n) is 7.26. The van der Waals surface area contributed by atoms with Crippen molar-refractivity contribution in [2.24, 2.45) is 0 Å². The number of carbonyl (C=O) groups excluding carboxylic acids is 1.